The van der Waals surface area contributed by atoms with Gasteiger partial charge in [-0.3, -0.25) is 9.69 Å². The molecule has 2 aromatic carbocycles. The van der Waals surface area contributed by atoms with Gasteiger partial charge < -0.3 is 4.74 Å². The van der Waals surface area contributed by atoms with Gasteiger partial charge in [0, 0.05) is 11.4 Å². The van der Waals surface area contributed by atoms with Gasteiger partial charge in [-0.25, -0.2) is 9.18 Å². The van der Waals surface area contributed by atoms with Crippen LogP contribution in [-0.2, 0) is 19.7 Å². The van der Waals surface area contributed by atoms with Crippen LogP contribution in [-0.4, -0.2) is 19.0 Å². The Hall–Kier alpha value is -3.21. The zero-order valence-electron chi connectivity index (χ0n) is 17.2. The number of hydrogen-bond donors (Lipinski definition) is 0. The fourth-order valence-corrected chi connectivity index (χ4v) is 3.33. The fraction of sp³-hybridized carbons (Fsp3) is 0.250. The van der Waals surface area contributed by atoms with Gasteiger partial charge in [0.25, 0.3) is 5.91 Å². The largest absolute Gasteiger partial charge is 0.465 e. The van der Waals surface area contributed by atoms with Crippen molar-refractivity contribution in [3.05, 3.63) is 82.3 Å². The minimum atomic E-state index is -0.585. The van der Waals surface area contributed by atoms with Gasteiger partial charge in [0.1, 0.15) is 5.82 Å². The van der Waals surface area contributed by atoms with Crippen molar-refractivity contribution in [2.75, 3.05) is 12.0 Å². The highest BCUT2D eigenvalue weighted by molar-refractivity contribution is 6.23. The van der Waals surface area contributed by atoms with Crippen LogP contribution < -0.4 is 4.90 Å². The Bertz CT molecular complexity index is 1010. The summed E-state index contributed by atoms with van der Waals surface area (Å²) in [6.45, 7) is 8.06. The first-order valence-electron chi connectivity index (χ1n) is 9.35. The molecule has 0 unspecified atom stereocenters. The Morgan fingerprint density at radius 1 is 1.03 bits per heavy atom. The molecule has 0 N–H and O–H groups in total. The molecule has 150 valence electrons. The number of esters is 1. The molecule has 1 aliphatic rings. The minimum Gasteiger partial charge on any atom is -0.465 e. The zero-order chi connectivity index (χ0) is 21.3. The van der Waals surface area contributed by atoms with Crippen molar-refractivity contribution < 1.29 is 18.7 Å². The lowest BCUT2D eigenvalue weighted by atomic mass is 9.86. The quantitative estimate of drug-likeness (QED) is 0.545. The number of methoxy groups -OCH3 is 1. The van der Waals surface area contributed by atoms with Gasteiger partial charge in [0.2, 0.25) is 0 Å². The van der Waals surface area contributed by atoms with Crippen LogP contribution in [0.5, 0.6) is 0 Å². The van der Waals surface area contributed by atoms with Crippen LogP contribution in [0.2, 0.25) is 0 Å². The molecule has 0 spiro atoms. The molecule has 2 aromatic rings. The van der Waals surface area contributed by atoms with Gasteiger partial charge in [0.05, 0.1) is 18.3 Å². The summed E-state index contributed by atoms with van der Waals surface area (Å²) in [5.41, 5.74) is 3.39. The maximum atomic E-state index is 13.3. The van der Waals surface area contributed by atoms with Crippen molar-refractivity contribution >= 4 is 23.6 Å². The molecule has 0 atom stereocenters. The molecule has 0 saturated heterocycles. The second-order valence-electron chi connectivity index (χ2n) is 8.00. The predicted molar refractivity (Wildman–Crippen MR) is 112 cm³/mol. The van der Waals surface area contributed by atoms with Crippen LogP contribution in [0.25, 0.3) is 6.08 Å². The van der Waals surface area contributed by atoms with Crippen molar-refractivity contribution in [2.24, 2.45) is 0 Å². The van der Waals surface area contributed by atoms with Gasteiger partial charge in [-0.15, -0.1) is 0 Å². The van der Waals surface area contributed by atoms with E-state index in [1.165, 1.54) is 41.8 Å². The van der Waals surface area contributed by atoms with Crippen LogP contribution in [0, 0.1) is 5.82 Å². The van der Waals surface area contributed by atoms with E-state index < -0.39 is 11.8 Å². The highest BCUT2D eigenvalue weighted by Gasteiger charge is 2.37. The number of allylic oxidation sites excluding steroid dienone is 1. The third-order valence-corrected chi connectivity index (χ3v) is 4.96. The third kappa shape index (κ3) is 3.99. The number of nitrogens with zero attached hydrogens (tertiary/aromatic N) is 1. The Balaban J connectivity index is 2.07. The summed E-state index contributed by atoms with van der Waals surface area (Å²) in [5.74, 6) is -1.34. The number of rotatable bonds is 3. The molecule has 1 amide bonds. The first-order valence-corrected chi connectivity index (χ1v) is 9.35. The number of amides is 1. The maximum absolute atomic E-state index is 13.3. The summed E-state index contributed by atoms with van der Waals surface area (Å²) in [4.78, 5) is 27.0. The third-order valence-electron chi connectivity index (χ3n) is 4.96. The summed E-state index contributed by atoms with van der Waals surface area (Å²) < 4.78 is 18.2. The van der Waals surface area contributed by atoms with Crippen molar-refractivity contribution in [3.8, 4) is 0 Å². The van der Waals surface area contributed by atoms with E-state index in [0.29, 0.717) is 11.4 Å². The predicted octanol–water partition coefficient (Wildman–Crippen LogP) is 5.00. The van der Waals surface area contributed by atoms with Crippen molar-refractivity contribution in [2.45, 2.75) is 33.1 Å². The van der Waals surface area contributed by atoms with Crippen LogP contribution in [0.15, 0.2) is 65.4 Å². The fourth-order valence-electron chi connectivity index (χ4n) is 3.33. The van der Waals surface area contributed by atoms with Crippen molar-refractivity contribution in [3.63, 3.8) is 0 Å². The molecule has 0 saturated carbocycles. The van der Waals surface area contributed by atoms with E-state index >= 15 is 0 Å². The average molecular weight is 393 g/mol. The molecular formula is C24H24FNO3. The molecule has 0 fully saturated rings. The minimum absolute atomic E-state index is 0.0158. The van der Waals surface area contributed by atoms with Gasteiger partial charge in [0.15, 0.2) is 0 Å². The van der Waals surface area contributed by atoms with Gasteiger partial charge in [-0.2, -0.15) is 0 Å². The molecule has 0 aromatic heterocycles. The lowest BCUT2D eigenvalue weighted by Gasteiger charge is -2.19. The molecule has 29 heavy (non-hydrogen) atoms. The normalized spacial score (nSPS) is 16.0. The number of hydrogen-bond acceptors (Lipinski definition) is 3. The highest BCUT2D eigenvalue weighted by Crippen LogP contribution is 2.35. The molecule has 0 bridgehead atoms. The highest BCUT2D eigenvalue weighted by atomic mass is 19.1. The van der Waals surface area contributed by atoms with Crippen LogP contribution >= 0.6 is 0 Å². The summed E-state index contributed by atoms with van der Waals surface area (Å²) >= 11 is 0. The Morgan fingerprint density at radius 2 is 1.62 bits per heavy atom. The topological polar surface area (TPSA) is 46.6 Å². The lowest BCUT2D eigenvalue weighted by molar-refractivity contribution is -0.136. The lowest BCUT2D eigenvalue weighted by Crippen LogP contribution is -2.24. The molecule has 4 nitrogen and oxygen atoms in total. The van der Waals surface area contributed by atoms with E-state index in [-0.39, 0.29) is 22.5 Å². The van der Waals surface area contributed by atoms with Crippen LogP contribution in [0.3, 0.4) is 0 Å². The second-order valence-corrected chi connectivity index (χ2v) is 8.00. The van der Waals surface area contributed by atoms with Crippen LogP contribution in [0.1, 0.15) is 38.8 Å². The molecule has 0 aliphatic carbocycles. The first-order chi connectivity index (χ1) is 13.6. The number of halogens is 1. The Kier molecular flexibility index (Phi) is 5.42. The Labute approximate surface area is 170 Å². The molecule has 3 rings (SSSR count). The van der Waals surface area contributed by atoms with E-state index in [1.807, 2.05) is 24.3 Å². The smallest absolute Gasteiger partial charge is 0.340 e. The van der Waals surface area contributed by atoms with E-state index in [0.717, 1.165) is 5.56 Å². The number of benzene rings is 2. The number of carbonyl (C=O) groups is 2. The average Bonchev–Trinajstić information content (AvgIpc) is 2.92. The van der Waals surface area contributed by atoms with Gasteiger partial charge in [-0.1, -0.05) is 45.0 Å². The molecule has 0 radical (unpaired) electrons. The molecule has 5 heteroatoms. The monoisotopic (exact) mass is 393 g/mol. The second kappa shape index (κ2) is 7.66. The van der Waals surface area contributed by atoms with Gasteiger partial charge >= 0.3 is 5.97 Å². The van der Waals surface area contributed by atoms with E-state index in [1.54, 1.807) is 13.0 Å². The number of ether oxygens (including phenoxy) is 1. The zero-order valence-corrected chi connectivity index (χ0v) is 17.2. The summed E-state index contributed by atoms with van der Waals surface area (Å²) in [6, 6.07) is 13.4. The summed E-state index contributed by atoms with van der Waals surface area (Å²) in [5, 5.41) is 0. The summed E-state index contributed by atoms with van der Waals surface area (Å²) in [6.07, 6.45) is 1.69. The number of anilines is 1. The molecular weight excluding hydrogens is 369 g/mol. The Morgan fingerprint density at radius 3 is 2.14 bits per heavy atom. The maximum Gasteiger partial charge on any atom is 0.340 e. The first kappa shape index (κ1) is 20.5. The molecule has 1 aliphatic heterocycles. The SMILES string of the molecule is COC(=O)C1=C(C)N(c2ccc(F)cc2)C(=O)/C1=C\c1ccc(C(C)(C)C)cc1. The number of carbonyl (C=O) groups excluding carboxylic acids is 2. The summed E-state index contributed by atoms with van der Waals surface area (Å²) in [7, 11) is 1.28. The standard InChI is InChI=1S/C24H24FNO3/c1-15-21(23(28)29-5)20(14-16-6-8-17(9-7-16)24(2,3)4)22(27)26(15)19-12-10-18(25)11-13-19/h6-14H,1-5H3/b20-14-. The van der Waals surface area contributed by atoms with E-state index in [4.69, 9.17) is 4.74 Å². The van der Waals surface area contributed by atoms with Crippen molar-refractivity contribution in [1.29, 1.82) is 0 Å². The van der Waals surface area contributed by atoms with E-state index in [2.05, 4.69) is 20.8 Å². The van der Waals surface area contributed by atoms with Gasteiger partial charge in [-0.05, 0) is 53.8 Å². The van der Waals surface area contributed by atoms with E-state index in [9.17, 15) is 14.0 Å². The van der Waals surface area contributed by atoms with Crippen molar-refractivity contribution in [1.82, 2.24) is 0 Å². The molecule has 1 heterocycles. The van der Waals surface area contributed by atoms with Crippen LogP contribution in [0.4, 0.5) is 10.1 Å².